The Hall–Kier alpha value is -14.1. The first-order valence-electron chi connectivity index (χ1n) is 38.5. The van der Waals surface area contributed by atoms with Crippen LogP contribution in [0.4, 0.5) is 79.6 Å². The number of aromatic hydroxyl groups is 4. The summed E-state index contributed by atoms with van der Waals surface area (Å²) in [5.41, 5.74) is 14.3. The molecule has 0 radical (unpaired) electrons. The zero-order chi connectivity index (χ0) is 89.7. The molecule has 0 bridgehead atoms. The zero-order valence-corrected chi connectivity index (χ0v) is 72.1. The van der Waals surface area contributed by atoms with E-state index in [2.05, 4.69) is 55.9 Å². The third-order valence-electron chi connectivity index (χ3n) is 20.0. The normalized spacial score (nSPS) is 13.0. The summed E-state index contributed by atoms with van der Waals surface area (Å²) in [7, 11) is -11.4. The van der Waals surface area contributed by atoms with Gasteiger partial charge in [0.25, 0.3) is 39.1 Å². The van der Waals surface area contributed by atoms with Gasteiger partial charge in [0.1, 0.15) is 56.3 Å². The average molecular weight is 1790 g/mol. The van der Waals surface area contributed by atoms with Gasteiger partial charge in [0, 0.05) is 102 Å². The number of phenols is 4. The van der Waals surface area contributed by atoms with Crippen LogP contribution in [0.1, 0.15) is 58.4 Å². The molecular formula is C88H85ClN16O16S4. The Labute approximate surface area is 725 Å². The van der Waals surface area contributed by atoms with E-state index in [1.54, 1.807) is 62.4 Å². The van der Waals surface area contributed by atoms with Gasteiger partial charge in [-0.3, -0.25) is 23.8 Å². The summed E-state index contributed by atoms with van der Waals surface area (Å²) in [5, 5.41) is 93.3. The Morgan fingerprint density at radius 1 is 0.440 bits per heavy atom. The molecule has 2 aliphatic heterocycles. The third kappa shape index (κ3) is 22.0. The molecule has 12 aromatic carbocycles. The van der Waals surface area contributed by atoms with Crippen molar-refractivity contribution in [2.75, 3.05) is 104 Å². The number of hydrogen-bond donors (Lipinski definition) is 12. The van der Waals surface area contributed by atoms with Crippen LogP contribution in [0.25, 0.3) is 21.5 Å². The van der Waals surface area contributed by atoms with E-state index in [0.717, 1.165) is 45.5 Å². The van der Waals surface area contributed by atoms with E-state index in [9.17, 15) is 74.2 Å². The van der Waals surface area contributed by atoms with Gasteiger partial charge in [-0.25, -0.2) is 33.7 Å². The monoisotopic (exact) mass is 1780 g/mol. The Morgan fingerprint density at radius 2 is 0.840 bits per heavy atom. The number of hydrogen-bond acceptors (Lipinski definition) is 27. The standard InChI is InChI=1S/C44H42N8O8S2.C26H20ClN5O4S.C18H23N3O4S/c1-27-20-37(41(54)21-28(27)2)51-62(58,59)42-23-32(12-15-40(42)52-16-18-60-19-17-52)50-61(56,57)33-13-14-35(31(22-33)25-45)48-49-38-24-39(47-29(3)53)44(55)34-10-7-11-36(43(34)38)46-26-30-8-5-4-6-9-30;1-16(33)30-24-13-23(32-31-21-11-10-19(37(27,35)36)12-18(21)14-28)25-20(26(24)34)8-5-9-22(25)29-15-17-6-3-2-4-7-17;1-12-9-15(17(22)10-13(12)2)20-26(23,24)18-11-14(19)3-4-16(18)21-5-7-25-8-6-21/h4-15,20-24,46,50-51,54-55H,16-19,26H2,1-3H3,(H,47,53);2-13,29,34H,15H2,1H3,(H,30,33);3-4,9-11,20,22H,5-8,19H2,1-2H3. The van der Waals surface area contributed by atoms with Crippen molar-refractivity contribution in [3.8, 4) is 35.1 Å². The van der Waals surface area contributed by atoms with Crippen molar-refractivity contribution in [3.05, 3.63) is 251 Å². The van der Waals surface area contributed by atoms with Crippen LogP contribution in [0.15, 0.2) is 246 Å². The van der Waals surface area contributed by atoms with Gasteiger partial charge in [0.2, 0.25) is 11.8 Å². The second kappa shape index (κ2) is 39.0. The van der Waals surface area contributed by atoms with Gasteiger partial charge in [0.15, 0.2) is 0 Å². The van der Waals surface area contributed by atoms with E-state index in [1.165, 1.54) is 92.7 Å². The fourth-order valence-corrected chi connectivity index (χ4v) is 18.0. The molecule has 2 saturated heterocycles. The first-order valence-corrected chi connectivity index (χ1v) is 45.3. The summed E-state index contributed by atoms with van der Waals surface area (Å²) < 4.78 is 123. The van der Waals surface area contributed by atoms with Crippen LogP contribution in [0, 0.1) is 50.4 Å². The van der Waals surface area contributed by atoms with Gasteiger partial charge in [-0.2, -0.15) is 10.5 Å². The molecule has 2 amide bonds. The molecule has 125 heavy (non-hydrogen) atoms. The summed E-state index contributed by atoms with van der Waals surface area (Å²) in [6.07, 6.45) is 0. The van der Waals surface area contributed by atoms with Crippen LogP contribution >= 0.6 is 10.7 Å². The Bertz CT molecular complexity index is 6810. The fourth-order valence-electron chi connectivity index (χ4n) is 13.5. The number of amides is 2. The second-order valence-electron chi connectivity index (χ2n) is 28.8. The number of nitriles is 2. The number of nitrogens with zero attached hydrogens (tertiary/aromatic N) is 8. The van der Waals surface area contributed by atoms with Crippen LogP contribution in [0.2, 0.25) is 0 Å². The predicted octanol–water partition coefficient (Wildman–Crippen LogP) is 16.7. The first-order chi connectivity index (χ1) is 59.6. The van der Waals surface area contributed by atoms with Crippen LogP contribution in [0.3, 0.4) is 0 Å². The highest BCUT2D eigenvalue weighted by Gasteiger charge is 2.30. The molecule has 14 rings (SSSR count). The number of nitrogen functional groups attached to an aromatic ring is 1. The molecule has 2 aliphatic rings. The van der Waals surface area contributed by atoms with Crippen molar-refractivity contribution in [2.24, 2.45) is 20.5 Å². The molecule has 12 aromatic rings. The van der Waals surface area contributed by atoms with Gasteiger partial charge in [-0.1, -0.05) is 84.9 Å². The number of anilines is 10. The van der Waals surface area contributed by atoms with Crippen molar-refractivity contribution in [3.63, 3.8) is 0 Å². The van der Waals surface area contributed by atoms with Crippen molar-refractivity contribution in [1.82, 2.24) is 0 Å². The first kappa shape index (κ1) is 90.1. The maximum atomic E-state index is 14.0. The number of phenolic OH excluding ortho intramolecular Hbond substituents is 4. The number of aryl methyl sites for hydroxylation is 4. The highest BCUT2D eigenvalue weighted by Crippen LogP contribution is 2.47. The predicted molar refractivity (Wildman–Crippen MR) is 482 cm³/mol. The lowest BCUT2D eigenvalue weighted by Gasteiger charge is -2.30. The second-order valence-corrected chi connectivity index (χ2v) is 36.4. The number of sulfonamides is 3. The summed E-state index contributed by atoms with van der Waals surface area (Å²) in [6.45, 7) is 14.6. The number of rotatable bonds is 24. The number of ether oxygens (including phenoxy) is 2. The maximum Gasteiger partial charge on any atom is 0.264 e. The molecule has 0 atom stereocenters. The molecule has 0 aromatic heterocycles. The molecule has 0 saturated carbocycles. The molecule has 2 fully saturated rings. The van der Waals surface area contributed by atoms with E-state index >= 15 is 0 Å². The average Bonchev–Trinajstić information content (AvgIpc) is 0.778. The van der Waals surface area contributed by atoms with Gasteiger partial charge >= 0.3 is 0 Å². The summed E-state index contributed by atoms with van der Waals surface area (Å²) in [4.78, 5) is 26.8. The minimum Gasteiger partial charge on any atom is -0.506 e. The quantitative estimate of drug-likeness (QED) is 0.0116. The lowest BCUT2D eigenvalue weighted by atomic mass is 10.0. The van der Waals surface area contributed by atoms with Crippen molar-refractivity contribution in [1.29, 1.82) is 10.5 Å². The number of carbonyl (C=O) groups is 2. The Balaban J connectivity index is 0.000000190. The van der Waals surface area contributed by atoms with Gasteiger partial charge < -0.3 is 66.7 Å². The topological polar surface area (TPSA) is 484 Å². The molecule has 644 valence electrons. The van der Waals surface area contributed by atoms with E-state index in [-0.39, 0.29) is 105 Å². The molecule has 0 spiro atoms. The van der Waals surface area contributed by atoms with Gasteiger partial charge in [-0.15, -0.1) is 20.5 Å². The number of carbonyl (C=O) groups excluding carboxylic acids is 2. The number of benzene rings is 12. The van der Waals surface area contributed by atoms with Gasteiger partial charge in [0.05, 0.1) is 98.5 Å². The minimum absolute atomic E-state index is 0.0207. The molecule has 2 heterocycles. The molecule has 13 N–H and O–H groups in total. The lowest BCUT2D eigenvalue weighted by Crippen LogP contribution is -2.37. The molecular weight excluding hydrogens is 1700 g/mol. The smallest absolute Gasteiger partial charge is 0.264 e. The number of nitrogens with two attached hydrogens (primary N) is 1. The van der Waals surface area contributed by atoms with Crippen molar-refractivity contribution in [2.45, 2.75) is 74.2 Å². The van der Waals surface area contributed by atoms with Crippen molar-refractivity contribution >= 4 is 163 Å². The molecule has 0 aliphatic carbocycles. The molecule has 32 nitrogen and oxygen atoms in total. The van der Waals surface area contributed by atoms with E-state index in [4.69, 9.17) is 25.9 Å². The number of morpholine rings is 2. The largest absolute Gasteiger partial charge is 0.506 e. The zero-order valence-electron chi connectivity index (χ0n) is 68.1. The highest BCUT2D eigenvalue weighted by molar-refractivity contribution is 8.13. The number of fused-ring (bicyclic) bond motifs is 2. The maximum absolute atomic E-state index is 14.0. The Kier molecular flexibility index (Phi) is 28.1. The fraction of sp³-hybridized carbons (Fsp3) is 0.182. The van der Waals surface area contributed by atoms with Gasteiger partial charge in [-0.05, 0) is 182 Å². The summed E-state index contributed by atoms with van der Waals surface area (Å²) >= 11 is 0. The number of halogens is 1. The number of azo groups is 2. The molecule has 0 unspecified atom stereocenters. The van der Waals surface area contributed by atoms with Crippen LogP contribution < -0.4 is 51.0 Å². The van der Waals surface area contributed by atoms with E-state index in [1.807, 2.05) is 103 Å². The van der Waals surface area contributed by atoms with E-state index < -0.39 is 45.0 Å². The van der Waals surface area contributed by atoms with Crippen LogP contribution in [-0.2, 0) is 71.3 Å². The SMILES string of the molecule is CC(=O)Nc1cc(N=Nc2ccc(S(=O)(=O)Cl)cc2C#N)c2c(NCc3ccccc3)cccc2c1O.CC(=O)Nc1cc(N=Nc2ccc(S(=O)(=O)Nc3ccc(N4CCOCC4)c(S(=O)(=O)Nc4cc(C)c(C)cc4O)c3)cc2C#N)c2c(NCc3ccccc3)cccc2c1O.Cc1cc(O)c(NS(=O)(=O)c2cc(N)ccc2N2CCOCC2)cc1C. The summed E-state index contributed by atoms with van der Waals surface area (Å²) in [6, 6.07) is 59.0. The van der Waals surface area contributed by atoms with Crippen LogP contribution in [0.5, 0.6) is 23.0 Å². The third-order valence-corrected chi connectivity index (χ3v) is 25.5. The molecule has 37 heteroatoms. The highest BCUT2D eigenvalue weighted by atomic mass is 35.7. The van der Waals surface area contributed by atoms with Crippen molar-refractivity contribution < 1.29 is 73.2 Å². The van der Waals surface area contributed by atoms with Crippen LogP contribution in [-0.4, -0.2) is 119 Å². The van der Waals surface area contributed by atoms with E-state index in [0.29, 0.717) is 121 Å². The number of nitrogens with one attached hydrogen (secondary N) is 7. The Morgan fingerprint density at radius 3 is 1.26 bits per heavy atom. The minimum atomic E-state index is -4.43. The summed E-state index contributed by atoms with van der Waals surface area (Å²) in [5.74, 6) is -1.53. The lowest BCUT2D eigenvalue weighted by molar-refractivity contribution is -0.115.